The van der Waals surface area contributed by atoms with Crippen LogP contribution in [0.4, 0.5) is 0 Å². The highest BCUT2D eigenvalue weighted by Crippen LogP contribution is 2.38. The summed E-state index contributed by atoms with van der Waals surface area (Å²) in [4.78, 5) is 24.8. The smallest absolute Gasteiger partial charge is 0.217 e. The molecule has 488 valence electrons. The molecule has 14 unspecified atom stereocenters. The zero-order valence-corrected chi connectivity index (χ0v) is 45.5. The van der Waals surface area contributed by atoms with Crippen LogP contribution in [0.15, 0.2) is 0 Å². The molecule has 0 aromatic heterocycles. The van der Waals surface area contributed by atoms with E-state index in [1.165, 1.54) is 13.8 Å². The molecule has 0 spiro atoms. The van der Waals surface area contributed by atoms with Crippen molar-refractivity contribution in [2.75, 3.05) is 46.2 Å². The number of carbonyl (C=O) groups excluding carboxylic acids is 2. The maximum atomic E-state index is 12.7. The summed E-state index contributed by atoms with van der Waals surface area (Å²) in [5, 5.41) is 222. The van der Waals surface area contributed by atoms with Gasteiger partial charge < -0.3 is 170 Å². The third-order valence-corrected chi connectivity index (χ3v) is 16.1. The van der Waals surface area contributed by atoms with E-state index in [9.17, 15) is 112 Å². The first kappa shape index (κ1) is 69.1. The van der Waals surface area contributed by atoms with E-state index >= 15 is 0 Å². The molecule has 22 N–H and O–H groups in total. The van der Waals surface area contributed by atoms with E-state index in [-0.39, 0.29) is 0 Å². The zero-order chi connectivity index (χ0) is 61.9. The molecule has 7 fully saturated rings. The van der Waals surface area contributed by atoms with Crippen LogP contribution in [-0.4, -0.2) is 369 Å². The van der Waals surface area contributed by atoms with Crippen molar-refractivity contribution in [2.24, 2.45) is 5.92 Å². The number of amides is 2. The minimum Gasteiger partial charge on any atom is -0.394 e. The standard InChI is InChI=1S/C48H82N2O34/c1-12-24(49-13(2)56)33(65)41(20(8-54)75-12)82-44-25(50-14(3)57)34(66)42(21(9-55)79-44)83-48-40(72)43(84-47-39(71)37(69)31(63)19(7-53)78-47)32(64)23(81-48)11-73-45-27(59)15(4-16-28(60)35(67)29(61)17(5-51)76-16)26(58)22(80-45)10-74-46-38(70)36(68)30(62)18(6-52)77-46/h12,15-48,51-55,58-72H,4-11H2,1-3H3,(H,49,56)(H,50,57)/t12-,15-,16+,17-,18?,19-,20?,21?,22?,23?,24?,25?,26-,27?,28?,29+,30+,31+,32+,33+,34+,35?,36-,37?,38?,39?,40?,41+,42+,43-,44-,45-,46-,47+,48-/m0/s1. The van der Waals surface area contributed by atoms with E-state index < -0.39 is 279 Å². The maximum absolute atomic E-state index is 12.7. The quantitative estimate of drug-likeness (QED) is 0.0507. The van der Waals surface area contributed by atoms with E-state index in [0.717, 1.165) is 6.92 Å². The second-order valence-corrected chi connectivity index (χ2v) is 21.9. The molecule has 0 saturated carbocycles. The van der Waals surface area contributed by atoms with Crippen LogP contribution < -0.4 is 10.6 Å². The summed E-state index contributed by atoms with van der Waals surface area (Å²) in [6.07, 6.45) is -59.2. The van der Waals surface area contributed by atoms with Crippen molar-refractivity contribution >= 4 is 11.8 Å². The molecule has 7 heterocycles. The van der Waals surface area contributed by atoms with Gasteiger partial charge in [-0.25, -0.2) is 0 Å². The Labute approximate surface area is 478 Å². The van der Waals surface area contributed by atoms with Crippen LogP contribution in [0, 0.1) is 5.92 Å². The fourth-order valence-electron chi connectivity index (χ4n) is 11.4. The summed E-state index contributed by atoms with van der Waals surface area (Å²) < 4.78 is 69.9. The van der Waals surface area contributed by atoms with Crippen molar-refractivity contribution in [3.8, 4) is 0 Å². The fraction of sp³-hybridized carbons (Fsp3) is 0.958. The lowest BCUT2D eigenvalue weighted by Crippen LogP contribution is -2.70. The highest BCUT2D eigenvalue weighted by molar-refractivity contribution is 5.73. The predicted octanol–water partition coefficient (Wildman–Crippen LogP) is -14.3. The Hall–Kier alpha value is -2.34. The van der Waals surface area contributed by atoms with Crippen LogP contribution in [0.3, 0.4) is 0 Å². The van der Waals surface area contributed by atoms with Gasteiger partial charge in [-0.05, 0) is 13.3 Å². The molecule has 7 saturated heterocycles. The highest BCUT2D eigenvalue weighted by Gasteiger charge is 2.58. The Morgan fingerprint density at radius 2 is 0.714 bits per heavy atom. The molecular formula is C48H82N2O34. The van der Waals surface area contributed by atoms with Gasteiger partial charge in [-0.15, -0.1) is 0 Å². The highest BCUT2D eigenvalue weighted by atomic mass is 16.8. The fourth-order valence-corrected chi connectivity index (χ4v) is 11.4. The lowest BCUT2D eigenvalue weighted by molar-refractivity contribution is -0.383. The lowest BCUT2D eigenvalue weighted by atomic mass is 9.81. The molecule has 2 amide bonds. The van der Waals surface area contributed by atoms with Crippen molar-refractivity contribution in [3.05, 3.63) is 0 Å². The number of hydrogen-bond acceptors (Lipinski definition) is 34. The molecule has 35 atom stereocenters. The van der Waals surface area contributed by atoms with E-state index in [0.29, 0.717) is 0 Å². The summed E-state index contributed by atoms with van der Waals surface area (Å²) in [7, 11) is 0. The summed E-state index contributed by atoms with van der Waals surface area (Å²) in [5.41, 5.74) is 0. The second-order valence-electron chi connectivity index (χ2n) is 21.9. The molecule has 7 rings (SSSR count). The van der Waals surface area contributed by atoms with Gasteiger partial charge in [0.05, 0.1) is 70.6 Å². The Morgan fingerprint density at radius 1 is 0.345 bits per heavy atom. The monoisotopic (exact) mass is 1230 g/mol. The van der Waals surface area contributed by atoms with Gasteiger partial charge >= 0.3 is 0 Å². The van der Waals surface area contributed by atoms with Crippen LogP contribution in [0.5, 0.6) is 0 Å². The normalized spacial score (nSPS) is 50.3. The molecule has 0 aromatic carbocycles. The number of hydrogen-bond donors (Lipinski definition) is 22. The van der Waals surface area contributed by atoms with Gasteiger partial charge in [0.2, 0.25) is 11.8 Å². The van der Waals surface area contributed by atoms with Crippen LogP contribution in [0.25, 0.3) is 0 Å². The first-order valence-electron chi connectivity index (χ1n) is 27.3. The van der Waals surface area contributed by atoms with Crippen LogP contribution in [-0.2, 0) is 66.4 Å². The van der Waals surface area contributed by atoms with Crippen molar-refractivity contribution in [2.45, 2.75) is 236 Å². The summed E-state index contributed by atoms with van der Waals surface area (Å²) in [5.74, 6) is -2.96. The molecule has 0 bridgehead atoms. The van der Waals surface area contributed by atoms with E-state index in [4.69, 9.17) is 56.8 Å². The lowest BCUT2D eigenvalue weighted by Gasteiger charge is -2.50. The molecule has 7 aliphatic rings. The van der Waals surface area contributed by atoms with Crippen LogP contribution in [0.1, 0.15) is 27.2 Å². The van der Waals surface area contributed by atoms with Gasteiger partial charge in [-0.2, -0.15) is 0 Å². The molecule has 84 heavy (non-hydrogen) atoms. The average molecular weight is 1230 g/mol. The van der Waals surface area contributed by atoms with Gasteiger partial charge in [0, 0.05) is 19.8 Å². The Bertz CT molecular complexity index is 2060. The number of aliphatic hydroxyl groups excluding tert-OH is 20. The Kier molecular flexibility index (Phi) is 24.7. The van der Waals surface area contributed by atoms with Crippen molar-refractivity contribution in [1.82, 2.24) is 10.6 Å². The van der Waals surface area contributed by atoms with Gasteiger partial charge in [-0.1, -0.05) is 0 Å². The van der Waals surface area contributed by atoms with Crippen LogP contribution >= 0.6 is 0 Å². The van der Waals surface area contributed by atoms with Crippen molar-refractivity contribution in [3.63, 3.8) is 0 Å². The minimum atomic E-state index is -2.30. The Morgan fingerprint density at radius 3 is 1.25 bits per heavy atom. The van der Waals surface area contributed by atoms with Crippen molar-refractivity contribution < 1.29 is 169 Å². The minimum absolute atomic E-state index is 0.573. The van der Waals surface area contributed by atoms with E-state index in [2.05, 4.69) is 10.6 Å². The first-order chi connectivity index (χ1) is 39.7. The number of rotatable bonds is 21. The number of nitrogens with one attached hydrogen (secondary N) is 2. The van der Waals surface area contributed by atoms with Gasteiger partial charge in [-0.3, -0.25) is 9.59 Å². The van der Waals surface area contributed by atoms with Crippen LogP contribution in [0.2, 0.25) is 0 Å². The SMILES string of the molecule is CC(=O)NC1[C@H](O[C@@H]2C(CO)O[C@@H](C)C(NC(C)=O)[C@H]2O)OC(CO)[C@@H](O[C@@H]2OC(CO[C@H]3OC(CO[C@H]4OC(CO)[C@@H](O)[C@H](O)C4O)[C@@H](O)[C@H](C[C@H]4O[C@@H](CO)[C@@H](O)C(O)C4O)C3O)[C@@H](O)[C@H](O[C@H]3O[C@@H](CO)[C@@H](O)C(O)C3O)C2O)[C@@H]1O. The second kappa shape index (κ2) is 30.0. The summed E-state index contributed by atoms with van der Waals surface area (Å²) in [6.45, 7) is -2.61. The van der Waals surface area contributed by atoms with Gasteiger partial charge in [0.1, 0.15) is 153 Å². The summed E-state index contributed by atoms with van der Waals surface area (Å²) >= 11 is 0. The molecule has 0 aromatic rings. The third-order valence-electron chi connectivity index (χ3n) is 16.1. The molecule has 0 radical (unpaired) electrons. The first-order valence-corrected chi connectivity index (χ1v) is 27.3. The molecule has 36 heteroatoms. The molecule has 7 aliphatic heterocycles. The van der Waals surface area contributed by atoms with E-state index in [1.54, 1.807) is 0 Å². The van der Waals surface area contributed by atoms with Gasteiger partial charge in [0.15, 0.2) is 31.5 Å². The number of aliphatic hydroxyl groups is 20. The average Bonchev–Trinajstić information content (AvgIpc) is 1.63. The maximum Gasteiger partial charge on any atom is 0.217 e. The third kappa shape index (κ3) is 14.9. The molecule has 36 nitrogen and oxygen atoms in total. The molecule has 0 aliphatic carbocycles. The number of carbonyl (C=O) groups is 2. The van der Waals surface area contributed by atoms with Gasteiger partial charge in [0.25, 0.3) is 0 Å². The van der Waals surface area contributed by atoms with Crippen molar-refractivity contribution in [1.29, 1.82) is 0 Å². The van der Waals surface area contributed by atoms with E-state index in [1.807, 2.05) is 0 Å². The topological polar surface area (TPSA) is 574 Å². The molecular weight excluding hydrogens is 1150 g/mol. The predicted molar refractivity (Wildman–Crippen MR) is 262 cm³/mol. The largest absolute Gasteiger partial charge is 0.394 e. The Balaban J connectivity index is 1.17. The summed E-state index contributed by atoms with van der Waals surface area (Å²) in [6, 6.07) is -2.85. The number of ether oxygens (including phenoxy) is 12. The zero-order valence-electron chi connectivity index (χ0n) is 45.5.